The van der Waals surface area contributed by atoms with Gasteiger partial charge in [0.1, 0.15) is 12.6 Å². The fourth-order valence-corrected chi connectivity index (χ4v) is 4.48. The quantitative estimate of drug-likeness (QED) is 0.633. The van der Waals surface area contributed by atoms with E-state index in [1.807, 2.05) is 14.5 Å². The Kier molecular flexibility index (Phi) is 5.47. The third-order valence-electron chi connectivity index (χ3n) is 6.36. The van der Waals surface area contributed by atoms with Crippen molar-refractivity contribution in [2.45, 2.75) is 39.2 Å². The zero-order valence-corrected chi connectivity index (χ0v) is 18.6. The summed E-state index contributed by atoms with van der Waals surface area (Å²) in [5.41, 5.74) is 5.52. The van der Waals surface area contributed by atoms with Crippen LogP contribution in [0.3, 0.4) is 0 Å². The second-order valence-electron chi connectivity index (χ2n) is 8.72. The van der Waals surface area contributed by atoms with Crippen LogP contribution in [0.5, 0.6) is 0 Å². The van der Waals surface area contributed by atoms with Crippen LogP contribution in [0.1, 0.15) is 47.6 Å². The van der Waals surface area contributed by atoms with Gasteiger partial charge in [-0.05, 0) is 60.7 Å². The van der Waals surface area contributed by atoms with Crippen LogP contribution in [-0.2, 0) is 4.79 Å². The average molecular weight is 429 g/mol. The van der Waals surface area contributed by atoms with Crippen molar-refractivity contribution in [2.75, 3.05) is 24.5 Å². The van der Waals surface area contributed by atoms with Gasteiger partial charge in [-0.1, -0.05) is 64.8 Å². The number of allylic oxidation sites excluding steroid dienone is 1. The number of carbonyl (C=O) groups is 1. The number of hydrogen-bond acceptors (Lipinski definition) is 5. The summed E-state index contributed by atoms with van der Waals surface area (Å²) < 4.78 is 1.81. The third kappa shape index (κ3) is 3.90. The molecule has 164 valence electrons. The van der Waals surface area contributed by atoms with E-state index in [2.05, 4.69) is 84.0 Å². The molecule has 3 heterocycles. The van der Waals surface area contributed by atoms with E-state index in [1.54, 1.807) is 0 Å². The maximum Gasteiger partial charge on any atom is 0.251 e. The van der Waals surface area contributed by atoms with Crippen LogP contribution >= 0.6 is 0 Å². The highest BCUT2D eigenvalue weighted by Crippen LogP contribution is 2.36. The van der Waals surface area contributed by atoms with Crippen molar-refractivity contribution >= 4 is 17.6 Å². The topological polar surface area (TPSA) is 67.2 Å². The number of benzene rings is 2. The summed E-state index contributed by atoms with van der Waals surface area (Å²) in [6.45, 7) is 6.03. The van der Waals surface area contributed by atoms with E-state index in [9.17, 15) is 4.79 Å². The van der Waals surface area contributed by atoms with E-state index in [0.717, 1.165) is 42.8 Å². The van der Waals surface area contributed by atoms with Gasteiger partial charge in [0.15, 0.2) is 0 Å². The summed E-state index contributed by atoms with van der Waals surface area (Å²) in [7, 11) is 0. The SMILES string of the molecule is Cc1ccc(C2=C[C@@H](c3ccc(C)cc3)n3nnnc3N2CC(=O)N2CCCCC2)cc1. The second kappa shape index (κ2) is 8.57. The number of carbonyl (C=O) groups excluding carboxylic acids is 1. The number of tetrazole rings is 1. The fourth-order valence-electron chi connectivity index (χ4n) is 4.48. The van der Waals surface area contributed by atoms with Gasteiger partial charge in [-0.2, -0.15) is 4.68 Å². The molecule has 0 saturated carbocycles. The highest BCUT2D eigenvalue weighted by Gasteiger charge is 2.33. The number of fused-ring (bicyclic) bond motifs is 1. The second-order valence-corrected chi connectivity index (χ2v) is 8.72. The molecule has 0 spiro atoms. The maximum absolute atomic E-state index is 13.2. The Morgan fingerprint density at radius 2 is 1.59 bits per heavy atom. The Labute approximate surface area is 188 Å². The molecule has 0 unspecified atom stereocenters. The normalized spacial score (nSPS) is 18.3. The summed E-state index contributed by atoms with van der Waals surface area (Å²) in [5, 5.41) is 12.6. The van der Waals surface area contributed by atoms with Crippen molar-refractivity contribution in [1.82, 2.24) is 25.1 Å². The van der Waals surface area contributed by atoms with Crippen LogP contribution in [-0.4, -0.2) is 50.6 Å². The third-order valence-corrected chi connectivity index (χ3v) is 6.36. The van der Waals surface area contributed by atoms with E-state index in [0.29, 0.717) is 5.95 Å². The minimum absolute atomic E-state index is 0.117. The van der Waals surface area contributed by atoms with Crippen LogP contribution in [0, 0.1) is 13.8 Å². The summed E-state index contributed by atoms with van der Waals surface area (Å²) in [6, 6.07) is 16.7. The highest BCUT2D eigenvalue weighted by molar-refractivity contribution is 5.89. The first-order valence-electron chi connectivity index (χ1n) is 11.3. The Bertz CT molecular complexity index is 1130. The predicted molar refractivity (Wildman–Crippen MR) is 124 cm³/mol. The Morgan fingerprint density at radius 3 is 2.28 bits per heavy atom. The molecule has 1 aromatic heterocycles. The molecule has 2 aliphatic rings. The molecule has 1 saturated heterocycles. The summed E-state index contributed by atoms with van der Waals surface area (Å²) in [4.78, 5) is 17.1. The largest absolute Gasteiger partial charge is 0.341 e. The maximum atomic E-state index is 13.2. The Hall–Kier alpha value is -3.48. The van der Waals surface area contributed by atoms with Crippen molar-refractivity contribution in [3.8, 4) is 0 Å². The summed E-state index contributed by atoms with van der Waals surface area (Å²) in [5.74, 6) is 0.713. The van der Waals surface area contributed by atoms with Crippen LogP contribution in [0.15, 0.2) is 54.6 Å². The lowest BCUT2D eigenvalue weighted by Gasteiger charge is -2.35. The van der Waals surface area contributed by atoms with Crippen molar-refractivity contribution < 1.29 is 4.79 Å². The number of aromatic nitrogens is 4. The van der Waals surface area contributed by atoms with E-state index in [1.165, 1.54) is 17.5 Å². The minimum Gasteiger partial charge on any atom is -0.341 e. The summed E-state index contributed by atoms with van der Waals surface area (Å²) in [6.07, 6.45) is 5.50. The van der Waals surface area contributed by atoms with Crippen molar-refractivity contribution in [1.29, 1.82) is 0 Å². The van der Waals surface area contributed by atoms with E-state index >= 15 is 0 Å². The fraction of sp³-hybridized carbons (Fsp3) is 0.360. The number of likely N-dealkylation sites (tertiary alicyclic amines) is 1. The number of amides is 1. The molecule has 0 bridgehead atoms. The molecule has 0 aliphatic carbocycles. The Balaban J connectivity index is 1.56. The van der Waals surface area contributed by atoms with Gasteiger partial charge in [0.2, 0.25) is 5.91 Å². The number of aryl methyl sites for hydroxylation is 2. The number of nitrogens with zero attached hydrogens (tertiary/aromatic N) is 6. The smallest absolute Gasteiger partial charge is 0.251 e. The molecule has 3 aromatic rings. The molecule has 0 radical (unpaired) electrons. The Morgan fingerprint density at radius 1 is 0.938 bits per heavy atom. The lowest BCUT2D eigenvalue weighted by molar-refractivity contribution is -0.130. The lowest BCUT2D eigenvalue weighted by atomic mass is 9.99. The number of hydrogen-bond donors (Lipinski definition) is 0. The molecule has 1 fully saturated rings. The average Bonchev–Trinajstić information content (AvgIpc) is 3.31. The summed E-state index contributed by atoms with van der Waals surface area (Å²) >= 11 is 0. The van der Waals surface area contributed by atoms with Crippen LogP contribution in [0.25, 0.3) is 5.70 Å². The zero-order chi connectivity index (χ0) is 22.1. The number of anilines is 1. The standard InChI is InChI=1S/C25H28N6O/c1-18-6-10-20(11-7-18)22-16-23(21-12-8-19(2)9-13-21)31-25(26-27-28-31)30(22)17-24(32)29-14-4-3-5-15-29/h6-13,16,23H,3-5,14-15,17H2,1-2H3/t23-/m0/s1. The number of piperidine rings is 1. The monoisotopic (exact) mass is 428 g/mol. The van der Waals surface area contributed by atoms with Gasteiger partial charge in [-0.3, -0.25) is 9.69 Å². The van der Waals surface area contributed by atoms with Crippen molar-refractivity contribution in [2.24, 2.45) is 0 Å². The van der Waals surface area contributed by atoms with Crippen LogP contribution < -0.4 is 4.90 Å². The van der Waals surface area contributed by atoms with E-state index in [4.69, 9.17) is 0 Å². The molecule has 7 heteroatoms. The molecule has 32 heavy (non-hydrogen) atoms. The molecular formula is C25H28N6O. The molecule has 1 amide bonds. The van der Waals surface area contributed by atoms with Crippen LogP contribution in [0.4, 0.5) is 5.95 Å². The molecule has 7 nitrogen and oxygen atoms in total. The zero-order valence-electron chi connectivity index (χ0n) is 18.6. The molecular weight excluding hydrogens is 400 g/mol. The van der Waals surface area contributed by atoms with Crippen molar-refractivity contribution in [3.63, 3.8) is 0 Å². The lowest BCUT2D eigenvalue weighted by Crippen LogP contribution is -2.44. The van der Waals surface area contributed by atoms with Crippen LogP contribution in [0.2, 0.25) is 0 Å². The van der Waals surface area contributed by atoms with Gasteiger partial charge in [0.05, 0.1) is 5.70 Å². The first-order valence-corrected chi connectivity index (χ1v) is 11.3. The first kappa shape index (κ1) is 20.4. The van der Waals surface area contributed by atoms with Gasteiger partial charge in [-0.25, -0.2) is 0 Å². The highest BCUT2D eigenvalue weighted by atomic mass is 16.2. The molecule has 1 atom stereocenters. The van der Waals surface area contributed by atoms with Gasteiger partial charge in [0.25, 0.3) is 5.95 Å². The van der Waals surface area contributed by atoms with E-state index < -0.39 is 0 Å². The predicted octanol–water partition coefficient (Wildman–Crippen LogP) is 3.75. The molecule has 5 rings (SSSR count). The van der Waals surface area contributed by atoms with Crippen molar-refractivity contribution in [3.05, 3.63) is 76.9 Å². The van der Waals surface area contributed by atoms with E-state index in [-0.39, 0.29) is 18.5 Å². The van der Waals surface area contributed by atoms with Gasteiger partial charge in [0, 0.05) is 13.1 Å². The number of rotatable bonds is 4. The van der Waals surface area contributed by atoms with Gasteiger partial charge >= 0.3 is 0 Å². The van der Waals surface area contributed by atoms with Gasteiger partial charge in [-0.15, -0.1) is 0 Å². The first-order chi connectivity index (χ1) is 15.6. The van der Waals surface area contributed by atoms with Gasteiger partial charge < -0.3 is 4.90 Å². The molecule has 2 aromatic carbocycles. The molecule has 2 aliphatic heterocycles. The molecule has 0 N–H and O–H groups in total. The minimum atomic E-state index is -0.141.